The summed E-state index contributed by atoms with van der Waals surface area (Å²) >= 11 is 0. The van der Waals surface area contributed by atoms with Crippen molar-refractivity contribution in [1.82, 2.24) is 19.9 Å². The molecule has 16 heteroatoms. The van der Waals surface area contributed by atoms with Crippen LogP contribution in [0, 0.1) is 31.2 Å². The van der Waals surface area contributed by atoms with Gasteiger partial charge in [-0.05, 0) is 160 Å². The third-order valence-electron chi connectivity index (χ3n) is 19.0. The van der Waals surface area contributed by atoms with Crippen LogP contribution in [0.25, 0.3) is 100 Å². The van der Waals surface area contributed by atoms with E-state index >= 15 is 0 Å². The van der Waals surface area contributed by atoms with E-state index in [-0.39, 0.29) is 95.1 Å². The molecule has 0 saturated carbocycles. The van der Waals surface area contributed by atoms with Gasteiger partial charge in [0.05, 0.1) is 45.3 Å². The first-order chi connectivity index (χ1) is 55.8. The van der Waals surface area contributed by atoms with Gasteiger partial charge in [-0.2, -0.15) is 66.3 Å². The predicted molar refractivity (Wildman–Crippen MR) is 463 cm³/mol. The third-order valence-corrected chi connectivity index (χ3v) is 19.0. The minimum Gasteiger partial charge on any atom is -0.512 e. The molecule has 6 heterocycles. The van der Waals surface area contributed by atoms with E-state index in [1.807, 2.05) is 146 Å². The van der Waals surface area contributed by atoms with Crippen LogP contribution in [0.3, 0.4) is 0 Å². The molecule has 0 aliphatic carbocycles. The first kappa shape index (κ1) is 91.0. The van der Waals surface area contributed by atoms with Crippen LogP contribution in [0.2, 0.25) is 0 Å². The third kappa shape index (κ3) is 24.4. The van der Waals surface area contributed by atoms with E-state index in [1.165, 1.54) is 64.8 Å². The number of aromatic nitrogens is 5. The fourth-order valence-corrected chi connectivity index (χ4v) is 12.9. The van der Waals surface area contributed by atoms with Crippen molar-refractivity contribution >= 4 is 44.5 Å². The molecule has 3 N–H and O–H groups in total. The number of pyridine rings is 5. The standard InChI is InChI=1S/C30H32N2O2.C24H19N2.C16H9F3N.C15H10N.C13H10.C5H8O2.2Ir.Pt/c1-29(2,3)19-15-23(21-11-7-9-13-27(21)33)31-25(17-19)26-18-20(30(4,5)6)16-24(32-26)22-12-8-10-14-28(22)34;1-3-10-20(11-4-1)26(21-12-5-2-6-13-21)22-15-16-25-18-19-9-7-8-14-23(19)24(25)17-22;17-16(18,19)13-8-5-12(6-9-13)15-10-7-11-3-1-2-4-14(11)20-15;1-2-7-13(8-3-1)15-14-9-5-4-6-12(14)10-11-16-15;1-11-7-9-13(10-8-11)12-5-3-2-4-6-12;1-4(6)3-5(2)7;;;/h7-18,33-34H,1-6H3;1-17H,18H2;1-5,7-10H;1-7,9-11H;2-5,7-9H,1H3;3,6H,1-2H3;;;/q;+1;2*-1;-2;;;+3;. The Morgan fingerprint density at radius 3 is 1.47 bits per heavy atom. The molecule has 0 unspecified atom stereocenters. The second-order valence-electron chi connectivity index (χ2n) is 29.8. The second kappa shape index (κ2) is 42.0. The Bertz CT molecular complexity index is 5900. The number of benzene rings is 11. The number of hydrogen-bond donors (Lipinski definition) is 3. The molecule has 0 amide bonds. The van der Waals surface area contributed by atoms with Crippen molar-refractivity contribution in [2.45, 2.75) is 85.9 Å². The molecule has 119 heavy (non-hydrogen) atoms. The molecular weight excluding hydrogens is 2020 g/mol. The largest absolute Gasteiger partial charge is 3.00 e. The Morgan fingerprint density at radius 2 is 0.958 bits per heavy atom. The zero-order valence-electron chi connectivity index (χ0n) is 67.1. The zero-order valence-corrected chi connectivity index (χ0v) is 74.2. The normalized spacial score (nSPS) is 11.1. The first-order valence-corrected chi connectivity index (χ1v) is 38.0. The van der Waals surface area contributed by atoms with Gasteiger partial charge < -0.3 is 25.2 Å². The van der Waals surface area contributed by atoms with Gasteiger partial charge in [0.2, 0.25) is 5.69 Å². The molecule has 16 aromatic rings. The molecule has 1 radical (unpaired) electrons. The number of anilines is 3. The number of alkyl halides is 3. The molecule has 0 spiro atoms. The summed E-state index contributed by atoms with van der Waals surface area (Å²) in [6.07, 6.45) is 0.869. The van der Waals surface area contributed by atoms with Gasteiger partial charge in [0, 0.05) is 93.6 Å². The smallest absolute Gasteiger partial charge is 0.512 e. The van der Waals surface area contributed by atoms with Crippen molar-refractivity contribution in [2.75, 3.05) is 4.90 Å². The summed E-state index contributed by atoms with van der Waals surface area (Å²) in [6, 6.07) is 116. The Labute approximate surface area is 736 Å². The molecule has 603 valence electrons. The molecule has 0 atom stereocenters. The summed E-state index contributed by atoms with van der Waals surface area (Å²) in [4.78, 5) is 31.1. The van der Waals surface area contributed by atoms with E-state index in [0.717, 1.165) is 85.9 Å². The minimum absolute atomic E-state index is 0. The number of allylic oxidation sites excluding steroid dienone is 2. The minimum atomic E-state index is -4.34. The second-order valence-corrected chi connectivity index (χ2v) is 29.8. The Balaban J connectivity index is 0.000000170. The number of nitrogens with zero attached hydrogens (tertiary/aromatic N) is 6. The number of halogens is 3. The molecule has 1 aliphatic rings. The van der Waals surface area contributed by atoms with Crippen molar-refractivity contribution in [3.05, 3.63) is 398 Å². The summed E-state index contributed by atoms with van der Waals surface area (Å²) < 4.78 is 39.8. The number of aromatic hydroxyl groups is 2. The number of aryl methyl sites for hydroxylation is 1. The van der Waals surface area contributed by atoms with E-state index in [4.69, 9.17) is 15.1 Å². The molecule has 17 rings (SSSR count). The van der Waals surface area contributed by atoms with Gasteiger partial charge in [-0.15, -0.1) is 77.4 Å². The van der Waals surface area contributed by atoms with Crippen LogP contribution in [0.5, 0.6) is 11.5 Å². The van der Waals surface area contributed by atoms with E-state index in [9.17, 15) is 28.2 Å². The number of fused-ring (bicyclic) bond motifs is 5. The summed E-state index contributed by atoms with van der Waals surface area (Å²) in [5.74, 6) is 0.323. The van der Waals surface area contributed by atoms with Gasteiger partial charge in [-0.25, -0.2) is 21.1 Å². The average molecular weight is 2110 g/mol. The van der Waals surface area contributed by atoms with E-state index in [2.05, 4.69) is 232 Å². The maximum absolute atomic E-state index is 12.5. The van der Waals surface area contributed by atoms with Crippen LogP contribution in [-0.4, -0.2) is 41.0 Å². The van der Waals surface area contributed by atoms with Gasteiger partial charge in [0.25, 0.3) is 0 Å². The topological polar surface area (TPSA) is 136 Å². The number of hydrogen-bond acceptors (Lipinski definition) is 9. The van der Waals surface area contributed by atoms with E-state index in [0.29, 0.717) is 33.8 Å². The quantitative estimate of drug-likeness (QED) is 0.0529. The van der Waals surface area contributed by atoms with Gasteiger partial charge in [0.15, 0.2) is 18.5 Å². The Kier molecular flexibility index (Phi) is 32.1. The molecule has 10 nitrogen and oxygen atoms in total. The van der Waals surface area contributed by atoms with Crippen LogP contribution in [0.15, 0.2) is 346 Å². The molecule has 5 aromatic heterocycles. The van der Waals surface area contributed by atoms with Gasteiger partial charge in [-0.1, -0.05) is 182 Å². The summed E-state index contributed by atoms with van der Waals surface area (Å²) in [7, 11) is 0. The molecule has 0 saturated heterocycles. The summed E-state index contributed by atoms with van der Waals surface area (Å²) in [5.41, 5.74) is 20.4. The summed E-state index contributed by atoms with van der Waals surface area (Å²) in [6.45, 7) is 18.8. The monoisotopic (exact) mass is 2110 g/mol. The molecule has 1 aliphatic heterocycles. The molecule has 0 bridgehead atoms. The number of aliphatic hydroxyl groups is 1. The number of phenolic OH excluding ortho intramolecular Hbond substituents is 2. The average Bonchev–Trinajstić information content (AvgIpc) is 1.76. The number of ketones is 1. The van der Waals surface area contributed by atoms with Crippen molar-refractivity contribution in [3.63, 3.8) is 0 Å². The van der Waals surface area contributed by atoms with Crippen molar-refractivity contribution in [2.24, 2.45) is 0 Å². The fraction of sp³-hybridized carbons (Fsp3) is 0.126. The van der Waals surface area contributed by atoms with Gasteiger partial charge in [0.1, 0.15) is 11.5 Å². The first-order valence-electron chi connectivity index (χ1n) is 38.0. The SMILES string of the molecule is CC(=O)C=C(C)O.CC(C)(C)c1cc(-c2cc(C(C)(C)C)cc(-c3ccccc3O)n2)nc(-c2ccccc2O)c1.Cc1c[c-]c(-c2[c-]cccc2)cc1.FC(F)(F)c1c[c-]c(-c2ccc3ccccc3n2)cc1.[Ir+3].[Ir].[Pt].[c-]1ccccc1-c1nccc2ccccc12.c1ccc(N(c2ccccc2)c2cc[n+]3c(c2)-c2ccccc2C3)cc1. The number of phenols is 2. The molecule has 0 fully saturated rings. The maximum atomic E-state index is 12.5. The number of carbonyl (C=O) groups excluding carboxylic acids is 1. The van der Waals surface area contributed by atoms with E-state index in [1.54, 1.807) is 30.3 Å². The fourth-order valence-electron chi connectivity index (χ4n) is 12.9. The predicted octanol–water partition coefficient (Wildman–Crippen LogP) is 25.7. The zero-order chi connectivity index (χ0) is 81.9. The summed E-state index contributed by atoms with van der Waals surface area (Å²) in [5, 5.41) is 32.8. The van der Waals surface area contributed by atoms with Crippen LogP contribution in [0.1, 0.15) is 83.2 Å². The number of carbonyl (C=O) groups is 1. The maximum Gasteiger partial charge on any atom is 3.00 e. The molecular formula is C103H88F3Ir2N6O4Pt. The van der Waals surface area contributed by atoms with Crippen LogP contribution in [0.4, 0.5) is 30.2 Å². The van der Waals surface area contributed by atoms with Crippen molar-refractivity contribution < 1.29 is 99.1 Å². The van der Waals surface area contributed by atoms with Crippen LogP contribution >= 0.6 is 0 Å². The Hall–Kier alpha value is -11.9. The Morgan fingerprint density at radius 1 is 0.462 bits per heavy atom. The molecule has 11 aromatic carbocycles. The number of para-hydroxylation sites is 5. The van der Waals surface area contributed by atoms with Crippen LogP contribution < -0.4 is 9.47 Å². The van der Waals surface area contributed by atoms with Gasteiger partial charge >= 0.3 is 26.3 Å². The number of rotatable bonds is 10. The van der Waals surface area contributed by atoms with E-state index < -0.39 is 11.7 Å². The van der Waals surface area contributed by atoms with Crippen LogP contribution in [-0.2, 0) is 89.6 Å². The van der Waals surface area contributed by atoms with Gasteiger partial charge in [-0.3, -0.25) is 9.78 Å². The number of aliphatic hydroxyl groups excluding tert-OH is 1. The van der Waals surface area contributed by atoms with Crippen molar-refractivity contribution in [3.8, 4) is 90.3 Å². The van der Waals surface area contributed by atoms with Crippen molar-refractivity contribution in [1.29, 1.82) is 0 Å².